The first-order chi connectivity index (χ1) is 23.5. The summed E-state index contributed by atoms with van der Waals surface area (Å²) in [5.41, 5.74) is 4.20. The van der Waals surface area contributed by atoms with Crippen LogP contribution in [0.1, 0.15) is 61.9 Å². The highest BCUT2D eigenvalue weighted by atomic mass is 35.5. The number of amides is 1. The third kappa shape index (κ3) is 7.98. The van der Waals surface area contributed by atoms with Gasteiger partial charge in [0, 0.05) is 49.0 Å². The van der Waals surface area contributed by atoms with Crippen molar-refractivity contribution in [2.24, 2.45) is 5.41 Å². The van der Waals surface area contributed by atoms with Gasteiger partial charge < -0.3 is 10.6 Å². The molecule has 270 valence electrons. The molecule has 3 aromatic rings. The number of benzene rings is 3. The normalized spacial score (nSPS) is 17.5. The van der Waals surface area contributed by atoms with Gasteiger partial charge in [-0.1, -0.05) is 56.0 Å². The highest BCUT2D eigenvalue weighted by Gasteiger charge is 2.48. The van der Waals surface area contributed by atoms with Gasteiger partial charge in [-0.3, -0.25) is 9.69 Å². The first kappa shape index (κ1) is 37.7. The Hall–Kier alpha value is -3.59. The van der Waals surface area contributed by atoms with Crippen molar-refractivity contribution in [1.29, 1.82) is 0 Å². The van der Waals surface area contributed by atoms with Gasteiger partial charge in [-0.05, 0) is 90.4 Å². The monoisotopic (exact) mass is 752 g/mol. The lowest BCUT2D eigenvalue weighted by Gasteiger charge is -2.41. The summed E-state index contributed by atoms with van der Waals surface area (Å²) in [5.74, 6) is -1.04. The van der Waals surface area contributed by atoms with Crippen LogP contribution in [-0.4, -0.2) is 65.9 Å². The van der Waals surface area contributed by atoms with Crippen LogP contribution in [0.3, 0.4) is 0 Å². The number of nitrogens with two attached hydrogens (primary N) is 1. The second-order valence-electron chi connectivity index (χ2n) is 12.9. The molecule has 0 atom stereocenters. The first-order valence-electron chi connectivity index (χ1n) is 16.3. The third-order valence-corrected chi connectivity index (χ3v) is 13.1. The molecule has 0 spiro atoms. The number of rotatable bonds is 10. The Morgan fingerprint density at radius 2 is 1.54 bits per heavy atom. The number of anilines is 2. The third-order valence-electron chi connectivity index (χ3n) is 10.0. The maximum atomic E-state index is 13.1. The van der Waals surface area contributed by atoms with E-state index in [1.807, 2.05) is 12.1 Å². The highest BCUT2D eigenvalue weighted by Crippen LogP contribution is 2.48. The van der Waals surface area contributed by atoms with Gasteiger partial charge in [0.2, 0.25) is 0 Å². The molecule has 1 saturated heterocycles. The van der Waals surface area contributed by atoms with E-state index in [1.54, 1.807) is 16.9 Å². The Morgan fingerprint density at radius 1 is 0.920 bits per heavy atom. The molecule has 15 heteroatoms. The van der Waals surface area contributed by atoms with Crippen LogP contribution < -0.4 is 15.4 Å². The number of carbonyl (C=O) groups is 1. The van der Waals surface area contributed by atoms with E-state index in [4.69, 9.17) is 17.3 Å². The topological polar surface area (TPSA) is 130 Å². The fraction of sp³-hybridized carbons (Fsp3) is 0.400. The Labute approximate surface area is 296 Å². The lowest BCUT2D eigenvalue weighted by atomic mass is 9.67. The smallest absolute Gasteiger partial charge is 0.398 e. The zero-order valence-corrected chi connectivity index (χ0v) is 30.2. The molecule has 2 aliphatic rings. The van der Waals surface area contributed by atoms with E-state index in [1.165, 1.54) is 35.3 Å². The number of sulfonamides is 1. The number of nitrogens with one attached hydrogen (secondary N) is 1. The second-order valence-corrected chi connectivity index (χ2v) is 16.9. The minimum Gasteiger partial charge on any atom is -0.398 e. The van der Waals surface area contributed by atoms with Crippen LogP contribution in [-0.2, 0) is 19.9 Å². The van der Waals surface area contributed by atoms with E-state index in [-0.39, 0.29) is 11.6 Å². The Bertz CT molecular complexity index is 1970. The maximum absolute atomic E-state index is 13.1. The van der Waals surface area contributed by atoms with E-state index in [2.05, 4.69) is 35.8 Å². The molecule has 3 N–H and O–H groups in total. The molecule has 0 unspecified atom stereocenters. The molecular weight excluding hydrogens is 713 g/mol. The number of alkyl halides is 3. The van der Waals surface area contributed by atoms with Gasteiger partial charge in [0.1, 0.15) is 4.90 Å². The minimum absolute atomic E-state index is 0.0104. The number of halogens is 4. The molecule has 9 nitrogen and oxygen atoms in total. The van der Waals surface area contributed by atoms with Crippen LogP contribution in [0.5, 0.6) is 0 Å². The van der Waals surface area contributed by atoms with Crippen molar-refractivity contribution in [3.8, 4) is 0 Å². The summed E-state index contributed by atoms with van der Waals surface area (Å²) in [6, 6.07) is 16.3. The van der Waals surface area contributed by atoms with Crippen LogP contribution in [0.2, 0.25) is 5.02 Å². The number of piperazine rings is 1. The molecule has 1 aliphatic heterocycles. The zero-order valence-electron chi connectivity index (χ0n) is 27.8. The predicted molar refractivity (Wildman–Crippen MR) is 189 cm³/mol. The van der Waals surface area contributed by atoms with E-state index in [9.17, 15) is 34.8 Å². The summed E-state index contributed by atoms with van der Waals surface area (Å²) >= 11 is 6.20. The average Bonchev–Trinajstić information content (AvgIpc) is 3.08. The summed E-state index contributed by atoms with van der Waals surface area (Å²) < 4.78 is 90.5. The van der Waals surface area contributed by atoms with Crippen LogP contribution >= 0.6 is 11.6 Å². The van der Waals surface area contributed by atoms with Crippen molar-refractivity contribution in [3.63, 3.8) is 0 Å². The molecule has 0 saturated carbocycles. The standard InChI is InChI=1S/C35H40ClF3N4O5S2/c1-3-34(4-2)16-15-26(30(22-34)24-5-9-27(36)10-6-24)23-42-17-19-43(20-18-42)28-11-7-25(8-12-28)33(44)41-50(47,48)29-13-14-31(40)32(21-29)49(45,46)35(37,38)39/h5-14,21H,3-4,15-20,22-23,40H2,1-2H3,(H,41,44). The lowest BCUT2D eigenvalue weighted by molar-refractivity contribution is -0.0435. The van der Waals surface area contributed by atoms with E-state index in [0.717, 1.165) is 81.2 Å². The maximum Gasteiger partial charge on any atom is 0.501 e. The van der Waals surface area contributed by atoms with Gasteiger partial charge in [0.15, 0.2) is 0 Å². The molecular formula is C35H40ClF3N4O5S2. The van der Waals surface area contributed by atoms with E-state index in [0.29, 0.717) is 5.41 Å². The molecule has 1 amide bonds. The minimum atomic E-state index is -5.94. The van der Waals surface area contributed by atoms with Crippen LogP contribution in [0, 0.1) is 5.41 Å². The molecule has 0 bridgehead atoms. The number of nitrogen functional groups attached to an aromatic ring is 1. The Kier molecular flexibility index (Phi) is 11.0. The first-order valence-corrected chi connectivity index (χ1v) is 19.7. The molecule has 3 aromatic carbocycles. The fourth-order valence-corrected chi connectivity index (χ4v) is 8.79. The summed E-state index contributed by atoms with van der Waals surface area (Å²) in [6.07, 6.45) is 5.58. The lowest BCUT2D eigenvalue weighted by Crippen LogP contribution is -2.47. The van der Waals surface area contributed by atoms with Crippen LogP contribution in [0.25, 0.3) is 5.57 Å². The Balaban J connectivity index is 1.23. The summed E-state index contributed by atoms with van der Waals surface area (Å²) in [7, 11) is -10.7. The molecule has 1 heterocycles. The van der Waals surface area contributed by atoms with Crippen LogP contribution in [0.15, 0.2) is 82.1 Å². The molecule has 50 heavy (non-hydrogen) atoms. The number of hydrogen-bond donors (Lipinski definition) is 2. The van der Waals surface area contributed by atoms with Gasteiger partial charge in [-0.25, -0.2) is 21.6 Å². The van der Waals surface area contributed by atoms with Crippen molar-refractivity contribution in [2.45, 2.75) is 61.3 Å². The summed E-state index contributed by atoms with van der Waals surface area (Å²) in [4.78, 5) is 15.2. The van der Waals surface area contributed by atoms with Crippen molar-refractivity contribution >= 4 is 54.3 Å². The molecule has 0 aromatic heterocycles. The second kappa shape index (κ2) is 14.6. The SMILES string of the molecule is CCC1(CC)CCC(CN2CCN(c3ccc(C(=O)NS(=O)(=O)c4ccc(N)c(S(=O)(=O)C(F)(F)F)c4)cc3)CC2)=C(c2ccc(Cl)cc2)C1. The quantitative estimate of drug-likeness (QED) is 0.214. The molecule has 1 aliphatic carbocycles. The largest absolute Gasteiger partial charge is 0.501 e. The van der Waals surface area contributed by atoms with Gasteiger partial charge in [0.25, 0.3) is 25.8 Å². The zero-order chi connectivity index (χ0) is 36.5. The molecule has 0 radical (unpaired) electrons. The van der Waals surface area contributed by atoms with Crippen molar-refractivity contribution in [3.05, 3.63) is 88.5 Å². The average molecular weight is 753 g/mol. The Morgan fingerprint density at radius 3 is 2.12 bits per heavy atom. The van der Waals surface area contributed by atoms with Gasteiger partial charge in [0.05, 0.1) is 10.6 Å². The van der Waals surface area contributed by atoms with Gasteiger partial charge >= 0.3 is 5.51 Å². The highest BCUT2D eigenvalue weighted by molar-refractivity contribution is 7.92. The number of hydrogen-bond acceptors (Lipinski definition) is 8. The number of nitrogens with zero attached hydrogens (tertiary/aromatic N) is 2. The predicted octanol–water partition coefficient (Wildman–Crippen LogP) is 6.90. The number of allylic oxidation sites excluding steroid dienone is 1. The van der Waals surface area contributed by atoms with Crippen molar-refractivity contribution in [1.82, 2.24) is 9.62 Å². The van der Waals surface area contributed by atoms with E-state index >= 15 is 0 Å². The molecule has 5 rings (SSSR count). The number of sulfone groups is 1. The summed E-state index contributed by atoms with van der Waals surface area (Å²) in [6.45, 7) is 8.61. The van der Waals surface area contributed by atoms with E-state index < -0.39 is 46.8 Å². The van der Waals surface area contributed by atoms with Gasteiger partial charge in [-0.2, -0.15) is 13.2 Å². The fourth-order valence-electron chi connectivity index (χ4n) is 6.68. The van der Waals surface area contributed by atoms with Crippen molar-refractivity contribution < 1.29 is 34.8 Å². The van der Waals surface area contributed by atoms with Crippen molar-refractivity contribution in [2.75, 3.05) is 43.4 Å². The molecule has 1 fully saturated rings. The van der Waals surface area contributed by atoms with Crippen LogP contribution in [0.4, 0.5) is 24.5 Å². The summed E-state index contributed by atoms with van der Waals surface area (Å²) in [5, 5.41) is 0.720. The number of carbonyl (C=O) groups excluding carboxylic acids is 1. The van der Waals surface area contributed by atoms with Gasteiger partial charge in [-0.15, -0.1) is 0 Å².